The molecule has 2 nitrogen and oxygen atoms in total. The molecule has 96 valence electrons. The number of hydrogen-bond donors (Lipinski definition) is 0. The molecule has 1 heterocycles. The molecule has 0 bridgehead atoms. The van der Waals surface area contributed by atoms with Crippen molar-refractivity contribution in [2.75, 3.05) is 26.4 Å². The summed E-state index contributed by atoms with van der Waals surface area (Å²) in [5, 5.41) is 0. The van der Waals surface area contributed by atoms with E-state index in [9.17, 15) is 4.79 Å². The van der Waals surface area contributed by atoms with Crippen molar-refractivity contribution in [3.8, 4) is 0 Å². The van der Waals surface area contributed by atoms with E-state index in [1.807, 2.05) is 23.9 Å². The standard InChI is InChI=1S/C13H21NOS2/c1-14(2)9-5-3-4-6-10-16-13-8-7-12(11-15)17-13/h7-8,11H,3-6,9-10H2,1-2H3. The smallest absolute Gasteiger partial charge is 0.160 e. The van der Waals surface area contributed by atoms with Crippen LogP contribution in [0.5, 0.6) is 0 Å². The van der Waals surface area contributed by atoms with Crippen LogP contribution < -0.4 is 0 Å². The van der Waals surface area contributed by atoms with Gasteiger partial charge in [-0.1, -0.05) is 12.8 Å². The fourth-order valence-corrected chi connectivity index (χ4v) is 3.57. The van der Waals surface area contributed by atoms with Crippen molar-refractivity contribution in [2.24, 2.45) is 0 Å². The molecule has 1 aromatic rings. The molecule has 0 fully saturated rings. The molecule has 0 aliphatic carbocycles. The number of nitrogens with zero attached hydrogens (tertiary/aromatic N) is 1. The molecule has 0 saturated heterocycles. The molecule has 0 saturated carbocycles. The van der Waals surface area contributed by atoms with Crippen molar-refractivity contribution < 1.29 is 4.79 Å². The van der Waals surface area contributed by atoms with E-state index < -0.39 is 0 Å². The summed E-state index contributed by atoms with van der Waals surface area (Å²) < 4.78 is 1.26. The van der Waals surface area contributed by atoms with Crippen LogP contribution in [0.2, 0.25) is 0 Å². The Morgan fingerprint density at radius 1 is 1.24 bits per heavy atom. The molecule has 1 rings (SSSR count). The number of unbranched alkanes of at least 4 members (excludes halogenated alkanes) is 3. The Bertz CT molecular complexity index is 323. The predicted octanol–water partition coefficient (Wildman–Crippen LogP) is 3.77. The Hall–Kier alpha value is -0.320. The van der Waals surface area contributed by atoms with Crippen molar-refractivity contribution in [2.45, 2.75) is 29.9 Å². The van der Waals surface area contributed by atoms with Gasteiger partial charge < -0.3 is 4.90 Å². The van der Waals surface area contributed by atoms with Gasteiger partial charge in [-0.3, -0.25) is 4.79 Å². The van der Waals surface area contributed by atoms with Crippen LogP contribution in [0.1, 0.15) is 35.4 Å². The zero-order chi connectivity index (χ0) is 12.5. The van der Waals surface area contributed by atoms with Gasteiger partial charge in [0.15, 0.2) is 6.29 Å². The predicted molar refractivity (Wildman–Crippen MR) is 77.5 cm³/mol. The topological polar surface area (TPSA) is 20.3 Å². The van der Waals surface area contributed by atoms with Crippen LogP contribution in [0.15, 0.2) is 16.3 Å². The Balaban J connectivity index is 1.99. The third-order valence-corrected chi connectivity index (χ3v) is 4.78. The number of hydrogen-bond acceptors (Lipinski definition) is 4. The maximum atomic E-state index is 10.5. The zero-order valence-corrected chi connectivity index (χ0v) is 12.3. The summed E-state index contributed by atoms with van der Waals surface area (Å²) in [6.45, 7) is 1.20. The molecule has 0 spiro atoms. The van der Waals surface area contributed by atoms with Crippen molar-refractivity contribution in [3.05, 3.63) is 17.0 Å². The first-order chi connectivity index (χ1) is 8.22. The fraction of sp³-hybridized carbons (Fsp3) is 0.615. The van der Waals surface area contributed by atoms with Gasteiger partial charge >= 0.3 is 0 Å². The third kappa shape index (κ3) is 6.86. The van der Waals surface area contributed by atoms with Crippen LogP contribution >= 0.6 is 23.1 Å². The maximum absolute atomic E-state index is 10.5. The molecule has 1 aromatic heterocycles. The average Bonchev–Trinajstić information content (AvgIpc) is 2.75. The van der Waals surface area contributed by atoms with E-state index in [0.29, 0.717) is 0 Å². The van der Waals surface area contributed by atoms with Gasteiger partial charge in [0.2, 0.25) is 0 Å². The summed E-state index contributed by atoms with van der Waals surface area (Å²) >= 11 is 3.46. The number of thioether (sulfide) groups is 1. The van der Waals surface area contributed by atoms with Gasteiger partial charge in [0.25, 0.3) is 0 Å². The van der Waals surface area contributed by atoms with Crippen molar-refractivity contribution in [3.63, 3.8) is 0 Å². The largest absolute Gasteiger partial charge is 0.309 e. The van der Waals surface area contributed by atoms with Crippen molar-refractivity contribution >= 4 is 29.4 Å². The number of rotatable bonds is 9. The minimum absolute atomic E-state index is 0.832. The van der Waals surface area contributed by atoms with Gasteiger partial charge in [-0.05, 0) is 51.4 Å². The summed E-state index contributed by atoms with van der Waals surface area (Å²) in [5.41, 5.74) is 0. The van der Waals surface area contributed by atoms with E-state index in [1.54, 1.807) is 11.3 Å². The van der Waals surface area contributed by atoms with E-state index in [-0.39, 0.29) is 0 Å². The summed E-state index contributed by atoms with van der Waals surface area (Å²) in [4.78, 5) is 13.6. The normalized spacial score (nSPS) is 11.0. The highest BCUT2D eigenvalue weighted by molar-refractivity contribution is 8.01. The number of aldehydes is 1. The second kappa shape index (κ2) is 8.72. The second-order valence-corrected chi connectivity index (χ2v) is 6.85. The Kier molecular flexibility index (Phi) is 7.56. The zero-order valence-electron chi connectivity index (χ0n) is 10.6. The molecule has 0 aliphatic rings. The molecular weight excluding hydrogens is 250 g/mol. The minimum Gasteiger partial charge on any atom is -0.309 e. The molecule has 0 aromatic carbocycles. The maximum Gasteiger partial charge on any atom is 0.160 e. The van der Waals surface area contributed by atoms with E-state index in [4.69, 9.17) is 0 Å². The van der Waals surface area contributed by atoms with E-state index in [1.165, 1.54) is 42.2 Å². The van der Waals surface area contributed by atoms with Gasteiger partial charge in [0, 0.05) is 0 Å². The molecule has 0 unspecified atom stereocenters. The number of carbonyl (C=O) groups is 1. The lowest BCUT2D eigenvalue weighted by atomic mass is 10.2. The van der Waals surface area contributed by atoms with E-state index in [0.717, 1.165) is 11.2 Å². The van der Waals surface area contributed by atoms with Crippen LogP contribution in [-0.4, -0.2) is 37.6 Å². The first kappa shape index (κ1) is 14.7. The van der Waals surface area contributed by atoms with Crippen LogP contribution in [0.25, 0.3) is 0 Å². The van der Waals surface area contributed by atoms with Gasteiger partial charge in [0.1, 0.15) is 0 Å². The van der Waals surface area contributed by atoms with Crippen LogP contribution in [0, 0.1) is 0 Å². The highest BCUT2D eigenvalue weighted by Crippen LogP contribution is 2.27. The van der Waals surface area contributed by atoms with Crippen molar-refractivity contribution in [1.29, 1.82) is 0 Å². The monoisotopic (exact) mass is 271 g/mol. The lowest BCUT2D eigenvalue weighted by Gasteiger charge is -2.08. The molecule has 4 heteroatoms. The Morgan fingerprint density at radius 2 is 2.00 bits per heavy atom. The first-order valence-electron chi connectivity index (χ1n) is 6.05. The number of thiophene rings is 1. The first-order valence-corrected chi connectivity index (χ1v) is 7.85. The van der Waals surface area contributed by atoms with E-state index >= 15 is 0 Å². The lowest BCUT2D eigenvalue weighted by molar-refractivity contribution is 0.112. The highest BCUT2D eigenvalue weighted by atomic mass is 32.2. The molecule has 0 amide bonds. The SMILES string of the molecule is CN(C)CCCCCCSc1ccc(C=O)s1. The van der Waals surface area contributed by atoms with Gasteiger partial charge in [-0.15, -0.1) is 23.1 Å². The lowest BCUT2D eigenvalue weighted by Crippen LogP contribution is -2.12. The molecule has 0 aliphatic heterocycles. The second-order valence-electron chi connectivity index (χ2n) is 4.34. The fourth-order valence-electron chi connectivity index (χ4n) is 1.53. The van der Waals surface area contributed by atoms with Crippen LogP contribution in [0.3, 0.4) is 0 Å². The average molecular weight is 271 g/mol. The highest BCUT2D eigenvalue weighted by Gasteiger charge is 1.99. The van der Waals surface area contributed by atoms with Crippen LogP contribution in [-0.2, 0) is 0 Å². The number of carbonyl (C=O) groups excluding carboxylic acids is 1. The van der Waals surface area contributed by atoms with Gasteiger partial charge in [-0.25, -0.2) is 0 Å². The van der Waals surface area contributed by atoms with Gasteiger partial charge in [-0.2, -0.15) is 0 Å². The summed E-state index contributed by atoms with van der Waals surface area (Å²) in [6, 6.07) is 3.95. The minimum atomic E-state index is 0.832. The summed E-state index contributed by atoms with van der Waals surface area (Å²) in [5.74, 6) is 1.17. The Labute approximate surface area is 112 Å². The molecular formula is C13H21NOS2. The molecule has 0 atom stereocenters. The van der Waals surface area contributed by atoms with Crippen LogP contribution in [0.4, 0.5) is 0 Å². The summed E-state index contributed by atoms with van der Waals surface area (Å²) in [7, 11) is 4.24. The van der Waals surface area contributed by atoms with Gasteiger partial charge in [0.05, 0.1) is 9.09 Å². The quantitative estimate of drug-likeness (QED) is 0.387. The molecule has 0 N–H and O–H groups in total. The Morgan fingerprint density at radius 3 is 2.65 bits per heavy atom. The molecule has 0 radical (unpaired) electrons. The van der Waals surface area contributed by atoms with Crippen molar-refractivity contribution in [1.82, 2.24) is 4.90 Å². The third-order valence-electron chi connectivity index (χ3n) is 2.46. The summed E-state index contributed by atoms with van der Waals surface area (Å²) in [6.07, 6.45) is 6.13. The molecule has 17 heavy (non-hydrogen) atoms. The van der Waals surface area contributed by atoms with E-state index in [2.05, 4.69) is 19.0 Å².